The van der Waals surface area contributed by atoms with Gasteiger partial charge in [-0.2, -0.15) is 5.10 Å². The van der Waals surface area contributed by atoms with Crippen LogP contribution in [-0.2, 0) is 0 Å². The van der Waals surface area contributed by atoms with Gasteiger partial charge >= 0.3 is 0 Å². The third-order valence-corrected chi connectivity index (χ3v) is 4.78. The predicted molar refractivity (Wildman–Crippen MR) is 118 cm³/mol. The van der Waals surface area contributed by atoms with E-state index in [-0.39, 0.29) is 17.1 Å². The van der Waals surface area contributed by atoms with Crippen LogP contribution in [0.25, 0.3) is 5.69 Å². The lowest BCUT2D eigenvalue weighted by Crippen LogP contribution is -2.33. The lowest BCUT2D eigenvalue weighted by atomic mass is 10.2. The minimum absolute atomic E-state index is 0.169. The number of benzene rings is 2. The number of hydrogen-bond acceptors (Lipinski definition) is 6. The molecule has 0 radical (unpaired) electrons. The Morgan fingerprint density at radius 1 is 1.16 bits per heavy atom. The summed E-state index contributed by atoms with van der Waals surface area (Å²) in [5.41, 5.74) is 0.633. The Morgan fingerprint density at radius 3 is 2.55 bits per heavy atom. The van der Waals surface area contributed by atoms with Crippen LogP contribution in [0.4, 0.5) is 11.4 Å². The summed E-state index contributed by atoms with van der Waals surface area (Å²) >= 11 is 0. The number of nitrogens with zero attached hydrogens (tertiary/aromatic N) is 4. The van der Waals surface area contributed by atoms with Crippen molar-refractivity contribution in [2.75, 3.05) is 25.0 Å². The van der Waals surface area contributed by atoms with Gasteiger partial charge in [0.05, 0.1) is 4.92 Å². The quantitative estimate of drug-likeness (QED) is 0.340. The van der Waals surface area contributed by atoms with Crippen LogP contribution in [0.2, 0.25) is 0 Å². The van der Waals surface area contributed by atoms with Gasteiger partial charge in [0.15, 0.2) is 5.69 Å². The number of aryl methyl sites for hydroxylation is 1. The number of carbonyl (C=O) groups is 1. The fraction of sp³-hybridized carbons (Fsp3) is 0.227. The molecule has 1 heterocycles. The molecule has 9 nitrogen and oxygen atoms in total. The second kappa shape index (κ2) is 9.66. The maximum absolute atomic E-state index is 12.6. The number of para-hydroxylation sites is 3. The van der Waals surface area contributed by atoms with Crippen LogP contribution < -0.4 is 15.6 Å². The number of aromatic nitrogens is 2. The first-order chi connectivity index (χ1) is 14.9. The molecule has 0 atom stereocenters. The Morgan fingerprint density at radius 2 is 1.84 bits per heavy atom. The third kappa shape index (κ3) is 5.13. The Labute approximate surface area is 179 Å². The Hall–Kier alpha value is -4.01. The Kier molecular flexibility index (Phi) is 6.76. The molecule has 0 aliphatic heterocycles. The summed E-state index contributed by atoms with van der Waals surface area (Å²) in [6, 6.07) is 17.1. The van der Waals surface area contributed by atoms with E-state index >= 15 is 0 Å². The number of nitrogens with one attached hydrogen (secondary N) is 1. The fourth-order valence-electron chi connectivity index (χ4n) is 3.16. The van der Waals surface area contributed by atoms with Crippen LogP contribution in [0.5, 0.6) is 0 Å². The molecule has 0 fully saturated rings. The Balaban J connectivity index is 1.71. The van der Waals surface area contributed by atoms with E-state index in [0.717, 1.165) is 5.69 Å². The molecule has 160 valence electrons. The minimum atomic E-state index is -0.611. The van der Waals surface area contributed by atoms with E-state index in [1.54, 1.807) is 19.1 Å². The van der Waals surface area contributed by atoms with Gasteiger partial charge in [-0.3, -0.25) is 19.7 Å². The van der Waals surface area contributed by atoms with Gasteiger partial charge in [0, 0.05) is 43.7 Å². The maximum Gasteiger partial charge on any atom is 0.294 e. The molecular formula is C22H23N5O4. The smallest absolute Gasteiger partial charge is 0.294 e. The van der Waals surface area contributed by atoms with E-state index in [1.165, 1.54) is 22.9 Å². The van der Waals surface area contributed by atoms with Crippen LogP contribution in [0, 0.1) is 17.0 Å². The monoisotopic (exact) mass is 421 g/mol. The zero-order chi connectivity index (χ0) is 22.4. The summed E-state index contributed by atoms with van der Waals surface area (Å²) in [7, 11) is 1.96. The van der Waals surface area contributed by atoms with Gasteiger partial charge in [-0.05, 0) is 31.5 Å². The number of rotatable bonds is 8. The summed E-state index contributed by atoms with van der Waals surface area (Å²) < 4.78 is 1.25. The van der Waals surface area contributed by atoms with Gasteiger partial charge in [-0.25, -0.2) is 4.68 Å². The van der Waals surface area contributed by atoms with Crippen LogP contribution in [-0.4, -0.2) is 40.7 Å². The van der Waals surface area contributed by atoms with Gasteiger partial charge in [0.2, 0.25) is 5.43 Å². The van der Waals surface area contributed by atoms with Gasteiger partial charge in [0.25, 0.3) is 11.6 Å². The van der Waals surface area contributed by atoms with Crippen molar-refractivity contribution >= 4 is 17.3 Å². The number of nitro groups is 1. The first-order valence-electron chi connectivity index (χ1n) is 9.77. The molecule has 2 aromatic carbocycles. The van der Waals surface area contributed by atoms with Crippen molar-refractivity contribution in [2.24, 2.45) is 0 Å². The van der Waals surface area contributed by atoms with Crippen molar-refractivity contribution in [1.82, 2.24) is 15.1 Å². The molecule has 9 heteroatoms. The fourth-order valence-corrected chi connectivity index (χ4v) is 3.16. The number of nitro benzene ring substituents is 1. The van der Waals surface area contributed by atoms with E-state index in [0.29, 0.717) is 25.2 Å². The normalized spacial score (nSPS) is 10.5. The molecule has 3 aromatic rings. The molecule has 0 saturated carbocycles. The lowest BCUT2D eigenvalue weighted by Gasteiger charge is -2.19. The standard InChI is InChI=1S/C22H23N5O4/c1-16-15-20(28)21(24-26(16)18-11-6-7-12-19(18)27(30)31)22(29)23-13-8-14-25(2)17-9-4-3-5-10-17/h3-7,9-12,15H,8,13-14H2,1-2H3,(H,23,29). The van der Waals surface area contributed by atoms with E-state index in [1.807, 2.05) is 37.4 Å². The second-order valence-electron chi connectivity index (χ2n) is 7.02. The molecule has 0 aliphatic carbocycles. The number of carbonyl (C=O) groups excluding carboxylic acids is 1. The first-order valence-corrected chi connectivity index (χ1v) is 9.77. The van der Waals surface area contributed by atoms with Crippen molar-refractivity contribution in [2.45, 2.75) is 13.3 Å². The van der Waals surface area contributed by atoms with Gasteiger partial charge < -0.3 is 10.2 Å². The van der Waals surface area contributed by atoms with Crippen molar-refractivity contribution in [3.8, 4) is 5.69 Å². The Bertz CT molecular complexity index is 1140. The van der Waals surface area contributed by atoms with Gasteiger partial charge in [-0.15, -0.1) is 0 Å². The highest BCUT2D eigenvalue weighted by Gasteiger charge is 2.20. The topological polar surface area (TPSA) is 110 Å². The van der Waals surface area contributed by atoms with E-state index in [9.17, 15) is 19.7 Å². The summed E-state index contributed by atoms with van der Waals surface area (Å²) in [5, 5.41) is 18.2. The molecule has 1 amide bonds. The number of amides is 1. The number of hydrogen-bond donors (Lipinski definition) is 1. The summed E-state index contributed by atoms with van der Waals surface area (Å²) in [6.45, 7) is 2.68. The molecule has 3 rings (SSSR count). The first kappa shape index (κ1) is 21.7. The van der Waals surface area contributed by atoms with Gasteiger partial charge in [0.1, 0.15) is 5.69 Å². The molecule has 0 spiro atoms. The minimum Gasteiger partial charge on any atom is -0.375 e. The van der Waals surface area contributed by atoms with Crippen molar-refractivity contribution in [3.05, 3.63) is 92.4 Å². The van der Waals surface area contributed by atoms with Crippen LogP contribution in [0.15, 0.2) is 65.5 Å². The van der Waals surface area contributed by atoms with Crippen molar-refractivity contribution < 1.29 is 9.72 Å². The molecular weight excluding hydrogens is 398 g/mol. The highest BCUT2D eigenvalue weighted by Crippen LogP contribution is 2.22. The lowest BCUT2D eigenvalue weighted by molar-refractivity contribution is -0.384. The molecule has 1 aromatic heterocycles. The molecule has 0 unspecified atom stereocenters. The largest absolute Gasteiger partial charge is 0.375 e. The van der Waals surface area contributed by atoms with Crippen molar-refractivity contribution in [1.29, 1.82) is 0 Å². The molecule has 1 N–H and O–H groups in total. The summed E-state index contributed by atoms with van der Waals surface area (Å²) in [5.74, 6) is -0.611. The predicted octanol–water partition coefficient (Wildman–Crippen LogP) is 2.71. The van der Waals surface area contributed by atoms with Crippen LogP contribution in [0.3, 0.4) is 0 Å². The highest BCUT2D eigenvalue weighted by atomic mass is 16.6. The van der Waals surface area contributed by atoms with E-state index < -0.39 is 16.3 Å². The number of anilines is 1. The van der Waals surface area contributed by atoms with Gasteiger partial charge in [-0.1, -0.05) is 30.3 Å². The van der Waals surface area contributed by atoms with E-state index in [2.05, 4.69) is 15.3 Å². The molecule has 31 heavy (non-hydrogen) atoms. The van der Waals surface area contributed by atoms with Crippen LogP contribution >= 0.6 is 0 Å². The molecule has 0 bridgehead atoms. The summed E-state index contributed by atoms with van der Waals surface area (Å²) in [6.07, 6.45) is 0.668. The molecule has 0 saturated heterocycles. The highest BCUT2D eigenvalue weighted by molar-refractivity contribution is 5.92. The average Bonchev–Trinajstić information content (AvgIpc) is 2.77. The summed E-state index contributed by atoms with van der Waals surface area (Å²) in [4.78, 5) is 37.8. The third-order valence-electron chi connectivity index (χ3n) is 4.78. The SMILES string of the molecule is Cc1cc(=O)c(C(=O)NCCCN(C)c2ccccc2)nn1-c1ccccc1[N+](=O)[O-]. The van der Waals surface area contributed by atoms with Crippen LogP contribution in [0.1, 0.15) is 22.6 Å². The zero-order valence-electron chi connectivity index (χ0n) is 17.3. The van der Waals surface area contributed by atoms with E-state index in [4.69, 9.17) is 0 Å². The second-order valence-corrected chi connectivity index (χ2v) is 7.02. The average molecular weight is 421 g/mol. The maximum atomic E-state index is 12.6. The zero-order valence-corrected chi connectivity index (χ0v) is 17.3. The molecule has 0 aliphatic rings. The van der Waals surface area contributed by atoms with Crippen molar-refractivity contribution in [3.63, 3.8) is 0 Å².